The van der Waals surface area contributed by atoms with Crippen LogP contribution in [0.25, 0.3) is 0 Å². The number of sulfone groups is 1. The van der Waals surface area contributed by atoms with Gasteiger partial charge in [-0.15, -0.1) is 0 Å². The van der Waals surface area contributed by atoms with Gasteiger partial charge in [0.2, 0.25) is 5.91 Å². The normalized spacial score (nSPS) is 17.4. The molecule has 9 heteroatoms. The molecule has 1 heterocycles. The summed E-state index contributed by atoms with van der Waals surface area (Å²) in [5.41, 5.74) is 0.924. The van der Waals surface area contributed by atoms with Gasteiger partial charge in [-0.2, -0.15) is 0 Å². The molecular formula is C18H17N3O5S. The van der Waals surface area contributed by atoms with E-state index in [0.29, 0.717) is 11.4 Å². The number of para-hydroxylation sites is 1. The Balaban J connectivity index is 1.79. The first-order chi connectivity index (χ1) is 12.9. The van der Waals surface area contributed by atoms with Crippen molar-refractivity contribution < 1.29 is 18.1 Å². The van der Waals surface area contributed by atoms with Crippen molar-refractivity contribution in [2.45, 2.75) is 6.04 Å². The maximum absolute atomic E-state index is 12.8. The third-order valence-corrected chi connectivity index (χ3v) is 5.42. The highest BCUT2D eigenvalue weighted by atomic mass is 32.2. The standard InChI is InChI=1S/C18H17N3O5S/c22-18(12-19-14-5-4-8-16(11-14)21(23)24)20(15-6-2-1-3-7-15)17-9-10-27(25,26)13-17/h1-11,17,19H,12-13H2/t17-/m0/s1. The number of carbonyl (C=O) groups is 1. The van der Waals surface area contributed by atoms with Gasteiger partial charge < -0.3 is 10.2 Å². The Morgan fingerprint density at radius 2 is 1.93 bits per heavy atom. The molecule has 0 aliphatic carbocycles. The lowest BCUT2D eigenvalue weighted by atomic mass is 10.2. The zero-order chi connectivity index (χ0) is 19.4. The van der Waals surface area contributed by atoms with Crippen LogP contribution in [0.2, 0.25) is 0 Å². The second-order valence-corrected chi connectivity index (χ2v) is 7.92. The predicted octanol–water partition coefficient (Wildman–Crippen LogP) is 2.35. The molecule has 2 aromatic carbocycles. The SMILES string of the molecule is O=C(CNc1cccc([N+](=O)[O-])c1)N(c1ccccc1)[C@H]1C=CS(=O)(=O)C1. The highest BCUT2D eigenvalue weighted by molar-refractivity contribution is 7.94. The average molecular weight is 387 g/mol. The van der Waals surface area contributed by atoms with Crippen molar-refractivity contribution in [3.63, 3.8) is 0 Å². The summed E-state index contributed by atoms with van der Waals surface area (Å²) in [5, 5.41) is 14.8. The third kappa shape index (κ3) is 4.50. The molecule has 1 atom stereocenters. The number of nitro benzene ring substituents is 1. The maximum Gasteiger partial charge on any atom is 0.271 e. The first-order valence-electron chi connectivity index (χ1n) is 8.12. The van der Waals surface area contributed by atoms with Gasteiger partial charge in [0.05, 0.1) is 23.3 Å². The Hall–Kier alpha value is -3.20. The van der Waals surface area contributed by atoms with Crippen LogP contribution in [0.15, 0.2) is 66.1 Å². The van der Waals surface area contributed by atoms with E-state index < -0.39 is 20.8 Å². The van der Waals surface area contributed by atoms with Crippen molar-refractivity contribution >= 4 is 32.8 Å². The Morgan fingerprint density at radius 3 is 2.56 bits per heavy atom. The fourth-order valence-corrected chi connectivity index (χ4v) is 4.09. The van der Waals surface area contributed by atoms with Crippen LogP contribution in [0.5, 0.6) is 0 Å². The number of amides is 1. The Labute approximate surface area is 156 Å². The molecule has 0 spiro atoms. The van der Waals surface area contributed by atoms with Crippen LogP contribution in [-0.2, 0) is 14.6 Å². The lowest BCUT2D eigenvalue weighted by Crippen LogP contribution is -2.44. The van der Waals surface area contributed by atoms with Gasteiger partial charge in [-0.05, 0) is 24.3 Å². The van der Waals surface area contributed by atoms with Crippen LogP contribution < -0.4 is 10.2 Å². The van der Waals surface area contributed by atoms with Gasteiger partial charge in [0, 0.05) is 28.9 Å². The third-order valence-electron chi connectivity index (χ3n) is 4.05. The number of nitrogens with zero attached hydrogens (tertiary/aromatic N) is 2. The number of non-ortho nitro benzene ring substituents is 1. The van der Waals surface area contributed by atoms with E-state index in [1.807, 2.05) is 0 Å². The van der Waals surface area contributed by atoms with Crippen LogP contribution in [0.3, 0.4) is 0 Å². The smallest absolute Gasteiger partial charge is 0.271 e. The molecule has 8 nitrogen and oxygen atoms in total. The van der Waals surface area contributed by atoms with Crippen LogP contribution >= 0.6 is 0 Å². The zero-order valence-electron chi connectivity index (χ0n) is 14.2. The lowest BCUT2D eigenvalue weighted by molar-refractivity contribution is -0.384. The molecule has 1 aliphatic rings. The van der Waals surface area contributed by atoms with Gasteiger partial charge in [0.25, 0.3) is 5.69 Å². The van der Waals surface area contributed by atoms with Crippen LogP contribution in [0, 0.1) is 10.1 Å². The molecule has 1 amide bonds. The highest BCUT2D eigenvalue weighted by Gasteiger charge is 2.31. The van der Waals surface area contributed by atoms with E-state index in [4.69, 9.17) is 0 Å². The van der Waals surface area contributed by atoms with Gasteiger partial charge in [-0.3, -0.25) is 14.9 Å². The minimum atomic E-state index is -3.33. The minimum absolute atomic E-state index is 0.0859. The van der Waals surface area contributed by atoms with E-state index in [2.05, 4.69) is 5.32 Å². The Morgan fingerprint density at radius 1 is 1.19 bits per heavy atom. The quantitative estimate of drug-likeness (QED) is 0.602. The maximum atomic E-state index is 12.8. The van der Waals surface area contributed by atoms with Crippen molar-refractivity contribution in [2.24, 2.45) is 0 Å². The van der Waals surface area contributed by atoms with Crippen molar-refractivity contribution in [1.82, 2.24) is 0 Å². The molecule has 0 saturated carbocycles. The molecule has 2 aromatic rings. The van der Waals surface area contributed by atoms with E-state index in [1.54, 1.807) is 36.4 Å². The number of hydrogen-bond acceptors (Lipinski definition) is 6. The molecule has 3 rings (SSSR count). The fourth-order valence-electron chi connectivity index (χ4n) is 2.82. The van der Waals surface area contributed by atoms with Gasteiger partial charge in [-0.25, -0.2) is 8.42 Å². The topological polar surface area (TPSA) is 110 Å². The lowest BCUT2D eigenvalue weighted by Gasteiger charge is -2.28. The zero-order valence-corrected chi connectivity index (χ0v) is 15.0. The second kappa shape index (κ2) is 7.58. The molecule has 0 bridgehead atoms. The van der Waals surface area contributed by atoms with E-state index in [-0.39, 0.29) is 23.9 Å². The summed E-state index contributed by atoms with van der Waals surface area (Å²) in [6.45, 7) is -0.138. The van der Waals surface area contributed by atoms with Crippen molar-refractivity contribution in [2.75, 3.05) is 22.5 Å². The molecular weight excluding hydrogens is 370 g/mol. The van der Waals surface area contributed by atoms with Crippen LogP contribution in [0.1, 0.15) is 0 Å². The predicted molar refractivity (Wildman–Crippen MR) is 102 cm³/mol. The summed E-state index contributed by atoms with van der Waals surface area (Å²) in [5.74, 6) is -0.524. The van der Waals surface area contributed by atoms with E-state index in [9.17, 15) is 23.3 Å². The summed E-state index contributed by atoms with van der Waals surface area (Å²) in [6.07, 6.45) is 1.49. The fraction of sp³-hybridized carbons (Fsp3) is 0.167. The second-order valence-electron chi connectivity index (χ2n) is 5.99. The molecule has 0 unspecified atom stereocenters. The van der Waals surface area contributed by atoms with Crippen molar-refractivity contribution in [3.8, 4) is 0 Å². The molecule has 140 valence electrons. The molecule has 27 heavy (non-hydrogen) atoms. The monoisotopic (exact) mass is 387 g/mol. The summed E-state index contributed by atoms with van der Waals surface area (Å²) in [4.78, 5) is 24.6. The van der Waals surface area contributed by atoms with Gasteiger partial charge in [-0.1, -0.05) is 24.3 Å². The molecule has 0 saturated heterocycles. The first kappa shape index (κ1) is 18.6. The first-order valence-corrected chi connectivity index (χ1v) is 9.84. The van der Waals surface area contributed by atoms with Crippen LogP contribution in [-0.4, -0.2) is 37.6 Å². The van der Waals surface area contributed by atoms with E-state index in [0.717, 1.165) is 5.41 Å². The average Bonchev–Trinajstić information content (AvgIpc) is 3.00. The summed E-state index contributed by atoms with van der Waals surface area (Å²) < 4.78 is 23.6. The van der Waals surface area contributed by atoms with E-state index in [1.165, 1.54) is 29.2 Å². The number of benzene rings is 2. The van der Waals surface area contributed by atoms with Crippen molar-refractivity contribution in [3.05, 3.63) is 76.2 Å². The molecule has 1 N–H and O–H groups in total. The Bertz CT molecular complexity index is 989. The van der Waals surface area contributed by atoms with Crippen molar-refractivity contribution in [1.29, 1.82) is 0 Å². The summed E-state index contributed by atoms with van der Waals surface area (Å²) in [7, 11) is -3.33. The van der Waals surface area contributed by atoms with E-state index >= 15 is 0 Å². The van der Waals surface area contributed by atoms with Gasteiger partial charge in [0.1, 0.15) is 0 Å². The van der Waals surface area contributed by atoms with Crippen LogP contribution in [0.4, 0.5) is 17.1 Å². The molecule has 0 aromatic heterocycles. The molecule has 0 radical (unpaired) electrons. The summed E-state index contributed by atoms with van der Waals surface area (Å²) >= 11 is 0. The number of nitro groups is 1. The number of nitrogens with one attached hydrogen (secondary N) is 1. The minimum Gasteiger partial charge on any atom is -0.376 e. The van der Waals surface area contributed by atoms with Gasteiger partial charge in [0.15, 0.2) is 9.84 Å². The number of rotatable bonds is 6. The number of carbonyl (C=O) groups excluding carboxylic acids is 1. The molecule has 1 aliphatic heterocycles. The summed E-state index contributed by atoms with van der Waals surface area (Å²) in [6, 6.07) is 14.0. The largest absolute Gasteiger partial charge is 0.376 e. The Kier molecular flexibility index (Phi) is 5.22. The number of anilines is 2. The number of hydrogen-bond donors (Lipinski definition) is 1. The highest BCUT2D eigenvalue weighted by Crippen LogP contribution is 2.23. The molecule has 0 fully saturated rings. The van der Waals surface area contributed by atoms with Gasteiger partial charge >= 0.3 is 0 Å².